The number of nitrogens with zero attached hydrogens (tertiary/aromatic N) is 1. The molecule has 152 valence electrons. The number of carbonyl (C=O) groups excluding carboxylic acids is 1. The van der Waals surface area contributed by atoms with Crippen LogP contribution in [0.2, 0.25) is 0 Å². The Hall–Kier alpha value is -4.00. The number of carbonyl (C=O) groups is 1. The molecule has 1 fully saturated rings. The lowest BCUT2D eigenvalue weighted by Gasteiger charge is -2.24. The van der Waals surface area contributed by atoms with E-state index in [4.69, 9.17) is 20.6 Å². The fourth-order valence-electron chi connectivity index (χ4n) is 3.34. The zero-order valence-corrected chi connectivity index (χ0v) is 16.1. The van der Waals surface area contributed by atoms with Crippen LogP contribution in [-0.2, 0) is 4.74 Å². The van der Waals surface area contributed by atoms with E-state index in [-0.39, 0.29) is 18.1 Å². The number of phenolic OH excluding ortho intramolecular Hbond substituents is 1. The van der Waals surface area contributed by atoms with Crippen LogP contribution in [0.15, 0.2) is 78.9 Å². The van der Waals surface area contributed by atoms with Gasteiger partial charge in [0, 0.05) is 11.3 Å². The SMILES string of the molecule is N=C(N)c1ccc(N2CC(C(Oc3ccccc3)c3ccc(O)cc3)OC2=O)cc1. The summed E-state index contributed by atoms with van der Waals surface area (Å²) in [4.78, 5) is 14.1. The smallest absolute Gasteiger partial charge is 0.414 e. The number of nitrogens with one attached hydrogen (secondary N) is 1. The number of rotatable bonds is 6. The largest absolute Gasteiger partial charge is 0.508 e. The molecule has 4 N–H and O–H groups in total. The third-order valence-corrected chi connectivity index (χ3v) is 4.89. The van der Waals surface area contributed by atoms with Crippen molar-refractivity contribution in [2.24, 2.45) is 5.73 Å². The van der Waals surface area contributed by atoms with Crippen LogP contribution >= 0.6 is 0 Å². The number of hydrogen-bond acceptors (Lipinski definition) is 5. The molecule has 0 saturated carbocycles. The highest BCUT2D eigenvalue weighted by Gasteiger charge is 2.39. The third-order valence-electron chi connectivity index (χ3n) is 4.89. The summed E-state index contributed by atoms with van der Waals surface area (Å²) >= 11 is 0. The maximum Gasteiger partial charge on any atom is 0.414 e. The van der Waals surface area contributed by atoms with Crippen molar-refractivity contribution in [3.63, 3.8) is 0 Å². The number of amidine groups is 1. The highest BCUT2D eigenvalue weighted by Crippen LogP contribution is 2.33. The van der Waals surface area contributed by atoms with Crippen LogP contribution in [0.5, 0.6) is 11.5 Å². The second-order valence-electron chi connectivity index (χ2n) is 6.94. The van der Waals surface area contributed by atoms with Crippen molar-refractivity contribution >= 4 is 17.6 Å². The zero-order valence-electron chi connectivity index (χ0n) is 16.1. The minimum absolute atomic E-state index is 0.0351. The van der Waals surface area contributed by atoms with Gasteiger partial charge in [-0.15, -0.1) is 0 Å². The molecule has 0 bridgehead atoms. The Balaban J connectivity index is 1.60. The summed E-state index contributed by atoms with van der Waals surface area (Å²) in [7, 11) is 0. The van der Waals surface area contributed by atoms with E-state index in [0.29, 0.717) is 17.0 Å². The van der Waals surface area contributed by atoms with E-state index in [9.17, 15) is 9.90 Å². The van der Waals surface area contributed by atoms with Gasteiger partial charge in [0.2, 0.25) is 0 Å². The van der Waals surface area contributed by atoms with Gasteiger partial charge in [-0.1, -0.05) is 30.3 Å². The van der Waals surface area contributed by atoms with Gasteiger partial charge in [0.25, 0.3) is 0 Å². The quantitative estimate of drug-likeness (QED) is 0.428. The van der Waals surface area contributed by atoms with Crippen LogP contribution in [0.25, 0.3) is 0 Å². The van der Waals surface area contributed by atoms with Gasteiger partial charge in [-0.05, 0) is 54.1 Å². The Kier molecular flexibility index (Phi) is 5.26. The van der Waals surface area contributed by atoms with Gasteiger partial charge in [0.15, 0.2) is 12.2 Å². The number of ether oxygens (including phenoxy) is 2. The first kappa shape index (κ1) is 19.3. The van der Waals surface area contributed by atoms with Gasteiger partial charge in [0.05, 0.1) is 6.54 Å². The predicted molar refractivity (Wildman–Crippen MR) is 113 cm³/mol. The van der Waals surface area contributed by atoms with Crippen LogP contribution in [0.3, 0.4) is 0 Å². The molecule has 0 spiro atoms. The van der Waals surface area contributed by atoms with E-state index in [0.717, 1.165) is 5.56 Å². The minimum atomic E-state index is -0.560. The average Bonchev–Trinajstić information content (AvgIpc) is 3.15. The normalized spacial score (nSPS) is 16.7. The Morgan fingerprint density at radius 1 is 1.07 bits per heavy atom. The summed E-state index contributed by atoms with van der Waals surface area (Å²) in [5.41, 5.74) is 7.51. The van der Waals surface area contributed by atoms with E-state index < -0.39 is 18.3 Å². The predicted octanol–water partition coefficient (Wildman–Crippen LogP) is 3.82. The van der Waals surface area contributed by atoms with Crippen molar-refractivity contribution in [2.45, 2.75) is 12.2 Å². The van der Waals surface area contributed by atoms with Gasteiger partial charge < -0.3 is 20.3 Å². The molecule has 30 heavy (non-hydrogen) atoms. The van der Waals surface area contributed by atoms with E-state index in [1.165, 1.54) is 4.90 Å². The molecule has 1 amide bonds. The van der Waals surface area contributed by atoms with E-state index in [2.05, 4.69) is 0 Å². The lowest BCUT2D eigenvalue weighted by Crippen LogP contribution is -2.29. The molecule has 0 aromatic heterocycles. The number of nitrogen functional groups attached to an aromatic ring is 1. The standard InChI is InChI=1S/C23H21N3O4/c24-22(25)16-6-10-17(11-7-16)26-14-20(30-23(26)28)21(15-8-12-18(27)13-9-15)29-19-4-2-1-3-5-19/h1-13,20-21,27H,14H2,(H3,24,25). The summed E-state index contributed by atoms with van der Waals surface area (Å²) < 4.78 is 11.8. The van der Waals surface area contributed by atoms with E-state index in [1.807, 2.05) is 30.3 Å². The molecule has 1 aliphatic heterocycles. The Labute approximate surface area is 173 Å². The molecule has 7 nitrogen and oxygen atoms in total. The van der Waals surface area contributed by atoms with Crippen LogP contribution in [0.4, 0.5) is 10.5 Å². The van der Waals surface area contributed by atoms with Gasteiger partial charge in [0.1, 0.15) is 17.3 Å². The number of anilines is 1. The highest BCUT2D eigenvalue weighted by molar-refractivity contribution is 5.96. The number of aromatic hydroxyl groups is 1. The summed E-state index contributed by atoms with van der Waals surface area (Å²) in [5.74, 6) is 0.760. The second kappa shape index (κ2) is 8.16. The number of hydrogen-bond donors (Lipinski definition) is 3. The molecule has 2 unspecified atom stereocenters. The number of nitrogens with two attached hydrogens (primary N) is 1. The molecule has 7 heteroatoms. The molecule has 0 radical (unpaired) electrons. The molecule has 1 saturated heterocycles. The monoisotopic (exact) mass is 403 g/mol. The number of cyclic esters (lactones) is 1. The Bertz CT molecular complexity index is 1040. The number of phenols is 1. The van der Waals surface area contributed by atoms with Crippen molar-refractivity contribution in [1.82, 2.24) is 0 Å². The average molecular weight is 403 g/mol. The van der Waals surface area contributed by atoms with E-state index >= 15 is 0 Å². The first-order chi connectivity index (χ1) is 14.5. The van der Waals surface area contributed by atoms with Crippen LogP contribution in [0, 0.1) is 5.41 Å². The van der Waals surface area contributed by atoms with Gasteiger partial charge >= 0.3 is 6.09 Å². The first-order valence-corrected chi connectivity index (χ1v) is 9.44. The fourth-order valence-corrected chi connectivity index (χ4v) is 3.34. The minimum Gasteiger partial charge on any atom is -0.508 e. The Morgan fingerprint density at radius 3 is 2.37 bits per heavy atom. The van der Waals surface area contributed by atoms with Gasteiger partial charge in [-0.2, -0.15) is 0 Å². The lowest BCUT2D eigenvalue weighted by atomic mass is 10.0. The molecular formula is C23H21N3O4. The molecule has 4 rings (SSSR count). The second-order valence-corrected chi connectivity index (χ2v) is 6.94. The zero-order chi connectivity index (χ0) is 21.1. The van der Waals surface area contributed by atoms with Crippen LogP contribution in [-0.4, -0.2) is 29.7 Å². The van der Waals surface area contributed by atoms with Gasteiger partial charge in [-0.25, -0.2) is 4.79 Å². The van der Waals surface area contributed by atoms with Crippen molar-refractivity contribution < 1.29 is 19.4 Å². The molecule has 1 aliphatic rings. The highest BCUT2D eigenvalue weighted by atomic mass is 16.6. The molecule has 3 aromatic carbocycles. The molecule has 3 aromatic rings. The molecule has 0 aliphatic carbocycles. The van der Waals surface area contributed by atoms with Crippen molar-refractivity contribution in [3.05, 3.63) is 90.0 Å². The summed E-state index contributed by atoms with van der Waals surface area (Å²) in [6, 6.07) is 22.8. The number of amides is 1. The van der Waals surface area contributed by atoms with E-state index in [1.54, 1.807) is 48.5 Å². The number of para-hydroxylation sites is 1. The maximum atomic E-state index is 12.6. The third kappa shape index (κ3) is 4.05. The Morgan fingerprint density at radius 2 is 1.73 bits per heavy atom. The maximum absolute atomic E-state index is 12.6. The topological polar surface area (TPSA) is 109 Å². The molecule has 1 heterocycles. The summed E-state index contributed by atoms with van der Waals surface area (Å²) in [5, 5.41) is 17.1. The summed E-state index contributed by atoms with van der Waals surface area (Å²) in [6.45, 7) is 0.288. The van der Waals surface area contributed by atoms with Crippen molar-refractivity contribution in [1.29, 1.82) is 5.41 Å². The lowest BCUT2D eigenvalue weighted by molar-refractivity contribution is 0.0473. The van der Waals surface area contributed by atoms with Crippen LogP contribution in [0.1, 0.15) is 17.2 Å². The number of benzene rings is 3. The van der Waals surface area contributed by atoms with Crippen molar-refractivity contribution in [3.8, 4) is 11.5 Å². The molecular weight excluding hydrogens is 382 g/mol. The molecule has 2 atom stereocenters. The van der Waals surface area contributed by atoms with Crippen molar-refractivity contribution in [2.75, 3.05) is 11.4 Å². The first-order valence-electron chi connectivity index (χ1n) is 9.44. The summed E-state index contributed by atoms with van der Waals surface area (Å²) in [6.07, 6.45) is -1.59. The van der Waals surface area contributed by atoms with Crippen LogP contribution < -0.4 is 15.4 Å². The fraction of sp³-hybridized carbons (Fsp3) is 0.130. The van der Waals surface area contributed by atoms with Gasteiger partial charge in [-0.3, -0.25) is 10.3 Å².